The number of aliphatic carboxylic acids is 1. The Labute approximate surface area is 104 Å². The lowest BCUT2D eigenvalue weighted by Crippen LogP contribution is -2.15. The van der Waals surface area contributed by atoms with E-state index < -0.39 is 5.97 Å². The zero-order valence-electron chi connectivity index (χ0n) is 9.59. The molecule has 0 radical (unpaired) electrons. The lowest BCUT2D eigenvalue weighted by molar-refractivity contribution is -0.136. The van der Waals surface area contributed by atoms with Gasteiger partial charge in [-0.3, -0.25) is 14.6 Å². The number of hydrogen-bond donors (Lipinski definition) is 2. The van der Waals surface area contributed by atoms with E-state index in [1.165, 1.54) is 6.20 Å². The van der Waals surface area contributed by atoms with Gasteiger partial charge in [-0.1, -0.05) is 18.2 Å². The average Bonchev–Trinajstić information content (AvgIpc) is 2.84. The molecule has 0 unspecified atom stereocenters. The molecule has 1 amide bonds. The van der Waals surface area contributed by atoms with Crippen LogP contribution < -0.4 is 5.32 Å². The van der Waals surface area contributed by atoms with Gasteiger partial charge in [-0.15, -0.1) is 0 Å². The maximum absolute atomic E-state index is 11.8. The summed E-state index contributed by atoms with van der Waals surface area (Å²) in [5.41, 5.74) is 1.68. The molecule has 1 heterocycles. The molecule has 0 aromatic heterocycles. The number of amides is 1. The lowest BCUT2D eigenvalue weighted by Gasteiger charge is -2.09. The fourth-order valence-electron chi connectivity index (χ4n) is 1.66. The summed E-state index contributed by atoms with van der Waals surface area (Å²) in [6.07, 6.45) is 3.55. The van der Waals surface area contributed by atoms with Crippen molar-refractivity contribution in [2.75, 3.05) is 5.32 Å². The van der Waals surface area contributed by atoms with E-state index in [4.69, 9.17) is 5.11 Å². The van der Waals surface area contributed by atoms with E-state index in [1.807, 2.05) is 0 Å². The second-order valence-corrected chi connectivity index (χ2v) is 3.87. The van der Waals surface area contributed by atoms with Crippen molar-refractivity contribution in [3.05, 3.63) is 41.6 Å². The number of nitrogens with one attached hydrogen (secondary N) is 1. The number of anilines is 1. The van der Waals surface area contributed by atoms with Crippen LogP contribution in [0.1, 0.15) is 12.0 Å². The Kier molecular flexibility index (Phi) is 3.52. The highest BCUT2D eigenvalue weighted by Crippen LogP contribution is 2.18. The van der Waals surface area contributed by atoms with Crippen LogP contribution >= 0.6 is 0 Å². The van der Waals surface area contributed by atoms with Crippen LogP contribution in [0.5, 0.6) is 0 Å². The number of benzene rings is 1. The monoisotopic (exact) mass is 244 g/mol. The van der Waals surface area contributed by atoms with Gasteiger partial charge >= 0.3 is 5.97 Å². The average molecular weight is 244 g/mol. The van der Waals surface area contributed by atoms with Gasteiger partial charge in [-0.25, -0.2) is 0 Å². The highest BCUT2D eigenvalue weighted by atomic mass is 16.4. The quantitative estimate of drug-likeness (QED) is 0.844. The first kappa shape index (κ1) is 12.0. The molecule has 1 aliphatic rings. The molecule has 2 rings (SSSR count). The summed E-state index contributed by atoms with van der Waals surface area (Å²) in [7, 11) is 0. The third-order valence-electron chi connectivity index (χ3n) is 2.55. The molecule has 1 aromatic rings. The van der Waals surface area contributed by atoms with E-state index >= 15 is 0 Å². The number of nitrogens with zero attached hydrogens (tertiary/aromatic N) is 1. The Morgan fingerprint density at radius 2 is 2.11 bits per heavy atom. The van der Waals surface area contributed by atoms with E-state index in [2.05, 4.69) is 10.3 Å². The van der Waals surface area contributed by atoms with Gasteiger partial charge in [0.15, 0.2) is 0 Å². The molecule has 0 fully saturated rings. The summed E-state index contributed by atoms with van der Waals surface area (Å²) < 4.78 is 0. The van der Waals surface area contributed by atoms with Gasteiger partial charge in [0.05, 0.1) is 6.42 Å². The molecule has 0 saturated carbocycles. The largest absolute Gasteiger partial charge is 0.481 e. The Morgan fingerprint density at radius 3 is 2.78 bits per heavy atom. The predicted octanol–water partition coefficient (Wildman–Crippen LogP) is 1.61. The van der Waals surface area contributed by atoms with E-state index in [-0.39, 0.29) is 12.3 Å². The lowest BCUT2D eigenvalue weighted by atomic mass is 10.1. The fraction of sp³-hybridized carbons (Fsp3) is 0.154. The van der Waals surface area contributed by atoms with Crippen molar-refractivity contribution < 1.29 is 14.7 Å². The smallest absolute Gasteiger partial charge is 0.307 e. The van der Waals surface area contributed by atoms with Crippen molar-refractivity contribution in [2.45, 2.75) is 12.8 Å². The first-order chi connectivity index (χ1) is 8.66. The molecule has 5 heteroatoms. The Hall–Kier alpha value is -2.43. The molecule has 0 atom stereocenters. The minimum atomic E-state index is -0.930. The summed E-state index contributed by atoms with van der Waals surface area (Å²) in [4.78, 5) is 26.4. The number of para-hydroxylation sites is 1. The second kappa shape index (κ2) is 5.27. The van der Waals surface area contributed by atoms with Gasteiger partial charge in [0.1, 0.15) is 0 Å². The van der Waals surface area contributed by atoms with Gasteiger partial charge < -0.3 is 10.4 Å². The summed E-state index contributed by atoms with van der Waals surface area (Å²) in [5, 5.41) is 11.5. The maximum atomic E-state index is 11.8. The number of carbonyl (C=O) groups is 2. The summed E-state index contributed by atoms with van der Waals surface area (Å²) in [5.74, 6) is -1.18. The topological polar surface area (TPSA) is 78.8 Å². The highest BCUT2D eigenvalue weighted by molar-refractivity contribution is 6.06. The third kappa shape index (κ3) is 2.82. The molecule has 92 valence electrons. The summed E-state index contributed by atoms with van der Waals surface area (Å²) >= 11 is 0. The fourth-order valence-corrected chi connectivity index (χ4v) is 1.66. The Balaban J connectivity index is 2.13. The van der Waals surface area contributed by atoms with Crippen molar-refractivity contribution in [3.63, 3.8) is 0 Å². The van der Waals surface area contributed by atoms with Gasteiger partial charge in [-0.05, 0) is 11.6 Å². The molecule has 5 nitrogen and oxygen atoms in total. The van der Waals surface area contributed by atoms with E-state index in [0.717, 1.165) is 0 Å². The first-order valence-corrected chi connectivity index (χ1v) is 5.48. The van der Waals surface area contributed by atoms with Gasteiger partial charge in [-0.2, -0.15) is 0 Å². The molecule has 1 aliphatic heterocycles. The van der Waals surface area contributed by atoms with Crippen LogP contribution in [-0.4, -0.2) is 23.2 Å². The van der Waals surface area contributed by atoms with Crippen LogP contribution in [0.2, 0.25) is 0 Å². The van der Waals surface area contributed by atoms with E-state index in [1.54, 1.807) is 30.5 Å². The van der Waals surface area contributed by atoms with Crippen LogP contribution in [0.25, 0.3) is 0 Å². The van der Waals surface area contributed by atoms with Crippen LogP contribution in [-0.2, 0) is 16.0 Å². The normalized spacial score (nSPS) is 13.2. The number of hydrogen-bond acceptors (Lipinski definition) is 3. The van der Waals surface area contributed by atoms with Gasteiger partial charge in [0, 0.05) is 30.1 Å². The SMILES string of the molecule is O=C(O)Cc1ccccc1NC(=O)C1=CN=CC1. The van der Waals surface area contributed by atoms with Crippen molar-refractivity contribution in [1.82, 2.24) is 0 Å². The molecule has 1 aromatic carbocycles. The van der Waals surface area contributed by atoms with Crippen molar-refractivity contribution in [3.8, 4) is 0 Å². The summed E-state index contributed by atoms with van der Waals surface area (Å²) in [6, 6.07) is 6.86. The standard InChI is InChI=1S/C13H12N2O3/c16-12(17)7-9-3-1-2-4-11(9)15-13(18)10-5-6-14-8-10/h1-4,6,8H,5,7H2,(H,15,18)(H,16,17). The Morgan fingerprint density at radius 1 is 1.33 bits per heavy atom. The number of aliphatic imine (C=N–C) groups is 1. The van der Waals surface area contributed by atoms with Crippen LogP contribution in [0.3, 0.4) is 0 Å². The summed E-state index contributed by atoms with van der Waals surface area (Å²) in [6.45, 7) is 0. The van der Waals surface area contributed by atoms with Crippen molar-refractivity contribution in [2.24, 2.45) is 4.99 Å². The zero-order chi connectivity index (χ0) is 13.0. The van der Waals surface area contributed by atoms with Crippen LogP contribution in [0.4, 0.5) is 5.69 Å². The predicted molar refractivity (Wildman–Crippen MR) is 67.6 cm³/mol. The number of carboxylic acids is 1. The zero-order valence-corrected chi connectivity index (χ0v) is 9.59. The second-order valence-electron chi connectivity index (χ2n) is 3.87. The number of rotatable bonds is 4. The highest BCUT2D eigenvalue weighted by Gasteiger charge is 2.13. The van der Waals surface area contributed by atoms with E-state index in [0.29, 0.717) is 23.2 Å². The molecule has 0 spiro atoms. The molecule has 2 N–H and O–H groups in total. The molecular weight excluding hydrogens is 232 g/mol. The maximum Gasteiger partial charge on any atom is 0.307 e. The molecule has 18 heavy (non-hydrogen) atoms. The van der Waals surface area contributed by atoms with Gasteiger partial charge in [0.25, 0.3) is 5.91 Å². The molecule has 0 aliphatic carbocycles. The number of carboxylic acid groups (broad SMARTS) is 1. The number of carbonyl (C=O) groups excluding carboxylic acids is 1. The Bertz CT molecular complexity index is 547. The minimum absolute atomic E-state index is 0.119. The third-order valence-corrected chi connectivity index (χ3v) is 2.55. The van der Waals surface area contributed by atoms with Crippen LogP contribution in [0.15, 0.2) is 41.0 Å². The van der Waals surface area contributed by atoms with Gasteiger partial charge in [0.2, 0.25) is 0 Å². The first-order valence-electron chi connectivity index (χ1n) is 5.48. The molecule has 0 saturated heterocycles. The molecule has 0 bridgehead atoms. The molecular formula is C13H12N2O3. The van der Waals surface area contributed by atoms with Crippen molar-refractivity contribution >= 4 is 23.8 Å². The van der Waals surface area contributed by atoms with E-state index in [9.17, 15) is 9.59 Å². The van der Waals surface area contributed by atoms with Crippen LogP contribution in [0, 0.1) is 0 Å². The minimum Gasteiger partial charge on any atom is -0.481 e. The van der Waals surface area contributed by atoms with Crippen molar-refractivity contribution in [1.29, 1.82) is 0 Å².